The van der Waals surface area contributed by atoms with E-state index >= 15 is 0 Å². The van der Waals surface area contributed by atoms with E-state index in [0.29, 0.717) is 5.75 Å². The van der Waals surface area contributed by atoms with Gasteiger partial charge in [0.2, 0.25) is 10.0 Å². The number of ether oxygens (including phenoxy) is 1. The minimum absolute atomic E-state index is 0.0264. The molecule has 0 aromatic heterocycles. The van der Waals surface area contributed by atoms with Gasteiger partial charge in [-0.2, -0.15) is 4.31 Å². The van der Waals surface area contributed by atoms with Crippen molar-refractivity contribution in [1.82, 2.24) is 4.31 Å². The van der Waals surface area contributed by atoms with Crippen LogP contribution in [0, 0.1) is 6.92 Å². The van der Waals surface area contributed by atoms with Gasteiger partial charge in [-0.25, -0.2) is 8.42 Å². The average Bonchev–Trinajstić information content (AvgIpc) is 2.28. The molecule has 0 radical (unpaired) electrons. The zero-order valence-corrected chi connectivity index (χ0v) is 14.4. The number of hydrogen-bond donors (Lipinski definition) is 1. The third-order valence-electron chi connectivity index (χ3n) is 2.83. The van der Waals surface area contributed by atoms with Crippen molar-refractivity contribution < 1.29 is 18.3 Å². The van der Waals surface area contributed by atoms with E-state index in [0.717, 1.165) is 9.87 Å². The van der Waals surface area contributed by atoms with Crippen molar-refractivity contribution in [2.45, 2.75) is 51.2 Å². The van der Waals surface area contributed by atoms with Gasteiger partial charge in [0.05, 0.1) is 16.6 Å². The van der Waals surface area contributed by atoms with Crippen LogP contribution in [0.4, 0.5) is 0 Å². The summed E-state index contributed by atoms with van der Waals surface area (Å²) in [6.07, 6.45) is 0.0315. The molecule has 0 atom stereocenters. The Balaban J connectivity index is 3.07. The molecule has 1 rings (SSSR count). The highest BCUT2D eigenvalue weighted by atomic mass is 32.2. The normalized spacial score (nSPS) is 13.0. The maximum absolute atomic E-state index is 12.5. The number of benzene rings is 1. The molecule has 0 unspecified atom stereocenters. The van der Waals surface area contributed by atoms with Crippen molar-refractivity contribution in [1.29, 1.82) is 0 Å². The van der Waals surface area contributed by atoms with Crippen LogP contribution in [-0.2, 0) is 10.0 Å². The number of sulfonamides is 1. The Labute approximate surface area is 127 Å². The number of aliphatic hydroxyl groups is 1. The Morgan fingerprint density at radius 2 is 1.90 bits per heavy atom. The fraction of sp³-hybridized carbons (Fsp3) is 0.600. The summed E-state index contributed by atoms with van der Waals surface area (Å²) in [6, 6.07) is 4.79. The fourth-order valence-corrected chi connectivity index (χ4v) is 3.39. The van der Waals surface area contributed by atoms with Crippen LogP contribution in [0.2, 0.25) is 0 Å². The monoisotopic (exact) mass is 315 g/mol. The molecule has 0 aliphatic rings. The molecule has 1 aromatic carbocycles. The fourth-order valence-electron chi connectivity index (χ4n) is 1.98. The summed E-state index contributed by atoms with van der Waals surface area (Å²) < 4.78 is 31.7. The van der Waals surface area contributed by atoms with Gasteiger partial charge in [0.25, 0.3) is 0 Å². The first-order valence-corrected chi connectivity index (χ1v) is 8.33. The minimum Gasteiger partial charge on any atom is -0.491 e. The first kappa shape index (κ1) is 17.9. The molecule has 5 nitrogen and oxygen atoms in total. The zero-order valence-electron chi connectivity index (χ0n) is 13.5. The zero-order chi connectivity index (χ0) is 16.4. The van der Waals surface area contributed by atoms with Gasteiger partial charge < -0.3 is 9.84 Å². The number of likely N-dealkylation sites (N-methyl/N-ethyl adjacent to an activating group) is 1. The molecule has 0 saturated carbocycles. The first-order valence-electron chi connectivity index (χ1n) is 6.89. The third-order valence-corrected chi connectivity index (χ3v) is 4.63. The summed E-state index contributed by atoms with van der Waals surface area (Å²) in [4.78, 5) is 0.197. The number of hydrogen-bond acceptors (Lipinski definition) is 4. The van der Waals surface area contributed by atoms with Crippen LogP contribution in [0.3, 0.4) is 0 Å². The standard InChI is InChI=1S/C15H25NO4S/c1-11(2)20-14-8-7-13(9-12(14)3)21(18,19)16(6)10-15(4,5)17/h7-9,11,17H,10H2,1-6H3. The van der Waals surface area contributed by atoms with Crippen LogP contribution in [0.5, 0.6) is 5.75 Å². The molecule has 0 saturated heterocycles. The third kappa shape index (κ3) is 4.98. The van der Waals surface area contributed by atoms with Crippen LogP contribution in [0.1, 0.15) is 33.3 Å². The Bertz CT molecular complexity index is 588. The van der Waals surface area contributed by atoms with E-state index in [4.69, 9.17) is 4.74 Å². The molecule has 0 aliphatic carbocycles. The lowest BCUT2D eigenvalue weighted by Crippen LogP contribution is -2.39. The first-order chi connectivity index (χ1) is 9.43. The van der Waals surface area contributed by atoms with E-state index in [2.05, 4.69) is 0 Å². The second kappa shape index (κ2) is 6.34. The molecule has 0 amide bonds. The highest BCUT2D eigenvalue weighted by Gasteiger charge is 2.26. The molecule has 0 bridgehead atoms. The van der Waals surface area contributed by atoms with Gasteiger partial charge >= 0.3 is 0 Å². The summed E-state index contributed by atoms with van der Waals surface area (Å²) in [5, 5.41) is 9.77. The van der Waals surface area contributed by atoms with Crippen LogP contribution in [-0.4, -0.2) is 43.1 Å². The van der Waals surface area contributed by atoms with E-state index < -0.39 is 15.6 Å². The smallest absolute Gasteiger partial charge is 0.242 e. The van der Waals surface area contributed by atoms with Gasteiger partial charge in [0.15, 0.2) is 0 Å². The van der Waals surface area contributed by atoms with Gasteiger partial charge in [0, 0.05) is 13.6 Å². The lowest BCUT2D eigenvalue weighted by molar-refractivity contribution is 0.0640. The molecule has 0 spiro atoms. The molecule has 0 heterocycles. The summed E-state index contributed by atoms with van der Waals surface area (Å²) in [5.74, 6) is 0.675. The summed E-state index contributed by atoms with van der Waals surface area (Å²) in [6.45, 7) is 8.82. The molecular weight excluding hydrogens is 290 g/mol. The van der Waals surface area contributed by atoms with Crippen LogP contribution in [0.25, 0.3) is 0 Å². The molecule has 1 N–H and O–H groups in total. The van der Waals surface area contributed by atoms with Gasteiger partial charge in [0.1, 0.15) is 5.75 Å². The second-order valence-electron chi connectivity index (χ2n) is 6.17. The number of aryl methyl sites for hydroxylation is 1. The van der Waals surface area contributed by atoms with Crippen molar-refractivity contribution in [3.05, 3.63) is 23.8 Å². The summed E-state index contributed by atoms with van der Waals surface area (Å²) in [7, 11) is -2.16. The van der Waals surface area contributed by atoms with Gasteiger partial charge in [-0.15, -0.1) is 0 Å². The molecular formula is C15H25NO4S. The lowest BCUT2D eigenvalue weighted by Gasteiger charge is -2.25. The molecule has 1 aromatic rings. The topological polar surface area (TPSA) is 66.8 Å². The number of nitrogens with zero attached hydrogens (tertiary/aromatic N) is 1. The largest absolute Gasteiger partial charge is 0.491 e. The SMILES string of the molecule is Cc1cc(S(=O)(=O)N(C)CC(C)(C)O)ccc1OC(C)C. The van der Waals surface area contributed by atoms with Crippen LogP contribution < -0.4 is 4.74 Å². The molecule has 0 aliphatic heterocycles. The van der Waals surface area contributed by atoms with Crippen molar-refractivity contribution >= 4 is 10.0 Å². The minimum atomic E-state index is -3.62. The van der Waals surface area contributed by atoms with Gasteiger partial charge in [-0.05, 0) is 58.4 Å². The highest BCUT2D eigenvalue weighted by Crippen LogP contribution is 2.25. The lowest BCUT2D eigenvalue weighted by atomic mass is 10.1. The Kier molecular flexibility index (Phi) is 5.41. The maximum atomic E-state index is 12.5. The van der Waals surface area contributed by atoms with Gasteiger partial charge in [-0.1, -0.05) is 0 Å². The van der Waals surface area contributed by atoms with E-state index in [1.165, 1.54) is 13.1 Å². The Morgan fingerprint density at radius 1 is 1.33 bits per heavy atom. The molecule has 21 heavy (non-hydrogen) atoms. The highest BCUT2D eigenvalue weighted by molar-refractivity contribution is 7.89. The van der Waals surface area contributed by atoms with Crippen LogP contribution >= 0.6 is 0 Å². The van der Waals surface area contributed by atoms with E-state index in [-0.39, 0.29) is 17.5 Å². The quantitative estimate of drug-likeness (QED) is 0.873. The second-order valence-corrected chi connectivity index (χ2v) is 8.21. The maximum Gasteiger partial charge on any atom is 0.242 e. The van der Waals surface area contributed by atoms with Crippen molar-refractivity contribution in [3.63, 3.8) is 0 Å². The Hall–Kier alpha value is -1.11. The van der Waals surface area contributed by atoms with Gasteiger partial charge in [-0.3, -0.25) is 0 Å². The Morgan fingerprint density at radius 3 is 2.33 bits per heavy atom. The molecule has 6 heteroatoms. The van der Waals surface area contributed by atoms with E-state index in [1.54, 1.807) is 26.0 Å². The number of rotatable bonds is 6. The summed E-state index contributed by atoms with van der Waals surface area (Å²) >= 11 is 0. The van der Waals surface area contributed by atoms with E-state index in [1.807, 2.05) is 20.8 Å². The van der Waals surface area contributed by atoms with Crippen molar-refractivity contribution in [3.8, 4) is 5.75 Å². The van der Waals surface area contributed by atoms with Crippen molar-refractivity contribution in [2.24, 2.45) is 0 Å². The van der Waals surface area contributed by atoms with Crippen LogP contribution in [0.15, 0.2) is 23.1 Å². The average molecular weight is 315 g/mol. The predicted octanol–water partition coefficient (Wildman–Crippen LogP) is 2.17. The molecule has 120 valence electrons. The van der Waals surface area contributed by atoms with Crippen molar-refractivity contribution in [2.75, 3.05) is 13.6 Å². The molecule has 0 fully saturated rings. The van der Waals surface area contributed by atoms with E-state index in [9.17, 15) is 13.5 Å². The summed E-state index contributed by atoms with van der Waals surface area (Å²) in [5.41, 5.74) is -0.321. The predicted molar refractivity (Wildman–Crippen MR) is 83.1 cm³/mol.